The minimum atomic E-state index is -0.440. The van der Waals surface area contributed by atoms with Crippen molar-refractivity contribution < 1.29 is 9.50 Å². The SMILES string of the molecule is CC(=N)c1cc(F)ccc1O. The fourth-order valence-corrected chi connectivity index (χ4v) is 0.809. The van der Waals surface area contributed by atoms with Crippen LogP contribution >= 0.6 is 0 Å². The maximum absolute atomic E-state index is 12.5. The third-order valence-electron chi connectivity index (χ3n) is 1.36. The van der Waals surface area contributed by atoms with Crippen LogP contribution in [0.2, 0.25) is 0 Å². The molecule has 0 saturated carbocycles. The Bertz CT molecular complexity index is 296. The highest BCUT2D eigenvalue weighted by molar-refractivity contribution is 5.98. The van der Waals surface area contributed by atoms with Crippen molar-refractivity contribution in [3.8, 4) is 5.75 Å². The van der Waals surface area contributed by atoms with E-state index in [1.165, 1.54) is 13.0 Å². The maximum atomic E-state index is 12.5. The van der Waals surface area contributed by atoms with Crippen molar-refractivity contribution in [2.24, 2.45) is 0 Å². The Kier molecular flexibility index (Phi) is 1.89. The van der Waals surface area contributed by atoms with Crippen LogP contribution < -0.4 is 0 Å². The van der Waals surface area contributed by atoms with Gasteiger partial charge in [-0.1, -0.05) is 0 Å². The second-order valence-corrected chi connectivity index (χ2v) is 2.29. The monoisotopic (exact) mass is 153 g/mol. The molecule has 0 aliphatic heterocycles. The second kappa shape index (κ2) is 2.70. The fraction of sp³-hybridized carbons (Fsp3) is 0.125. The molecule has 0 heterocycles. The van der Waals surface area contributed by atoms with E-state index >= 15 is 0 Å². The summed E-state index contributed by atoms with van der Waals surface area (Å²) in [5.74, 6) is -0.497. The molecule has 0 aliphatic carbocycles. The molecular weight excluding hydrogens is 145 g/mol. The lowest BCUT2D eigenvalue weighted by molar-refractivity contribution is 0.472. The van der Waals surface area contributed by atoms with Gasteiger partial charge >= 0.3 is 0 Å². The molecule has 0 saturated heterocycles. The molecule has 0 radical (unpaired) electrons. The van der Waals surface area contributed by atoms with Gasteiger partial charge in [-0.05, 0) is 25.1 Å². The van der Waals surface area contributed by atoms with Gasteiger partial charge in [0.25, 0.3) is 0 Å². The molecule has 3 heteroatoms. The first kappa shape index (κ1) is 7.72. The quantitative estimate of drug-likeness (QED) is 0.595. The predicted octanol–water partition coefficient (Wildman–Crippen LogP) is 1.92. The second-order valence-electron chi connectivity index (χ2n) is 2.29. The van der Waals surface area contributed by atoms with Crippen LogP contribution in [0.5, 0.6) is 5.75 Å². The minimum Gasteiger partial charge on any atom is -0.507 e. The Labute approximate surface area is 63.8 Å². The Hall–Kier alpha value is -1.38. The van der Waals surface area contributed by atoms with Gasteiger partial charge in [-0.15, -0.1) is 0 Å². The molecule has 1 aromatic carbocycles. The van der Waals surface area contributed by atoms with Crippen molar-refractivity contribution >= 4 is 5.71 Å². The first-order chi connectivity index (χ1) is 5.11. The van der Waals surface area contributed by atoms with Gasteiger partial charge in [0.15, 0.2) is 0 Å². The van der Waals surface area contributed by atoms with Crippen LogP contribution in [0.1, 0.15) is 12.5 Å². The zero-order chi connectivity index (χ0) is 8.43. The van der Waals surface area contributed by atoms with Crippen molar-refractivity contribution in [2.45, 2.75) is 6.92 Å². The van der Waals surface area contributed by atoms with Gasteiger partial charge in [0.2, 0.25) is 0 Å². The molecule has 0 spiro atoms. The van der Waals surface area contributed by atoms with Crippen molar-refractivity contribution in [3.63, 3.8) is 0 Å². The van der Waals surface area contributed by atoms with E-state index in [1.54, 1.807) is 0 Å². The summed E-state index contributed by atoms with van der Waals surface area (Å²) in [6, 6.07) is 3.53. The summed E-state index contributed by atoms with van der Waals surface area (Å²) in [4.78, 5) is 0. The van der Waals surface area contributed by atoms with Gasteiger partial charge in [-0.2, -0.15) is 0 Å². The number of hydrogen-bond acceptors (Lipinski definition) is 2. The molecule has 58 valence electrons. The van der Waals surface area contributed by atoms with Crippen molar-refractivity contribution in [2.75, 3.05) is 0 Å². The predicted molar refractivity (Wildman–Crippen MR) is 40.6 cm³/mol. The number of phenols is 1. The van der Waals surface area contributed by atoms with Crippen LogP contribution in [0.15, 0.2) is 18.2 Å². The Morgan fingerprint density at radius 2 is 2.18 bits per heavy atom. The standard InChI is InChI=1S/C8H8FNO/c1-5(10)7-4-6(9)2-3-8(7)11/h2-4,10-11H,1H3. The van der Waals surface area contributed by atoms with Crippen LogP contribution in [0, 0.1) is 11.2 Å². The lowest BCUT2D eigenvalue weighted by Crippen LogP contribution is -1.93. The Balaban J connectivity index is 3.23. The van der Waals surface area contributed by atoms with E-state index in [0.29, 0.717) is 0 Å². The molecule has 0 bridgehead atoms. The molecule has 0 atom stereocenters. The summed E-state index contributed by atoms with van der Waals surface area (Å²) in [6.45, 7) is 1.49. The largest absolute Gasteiger partial charge is 0.507 e. The summed E-state index contributed by atoms with van der Waals surface area (Å²) in [5.41, 5.74) is 0.395. The highest BCUT2D eigenvalue weighted by Crippen LogP contribution is 2.17. The number of benzene rings is 1. The normalized spacial score (nSPS) is 9.64. The third kappa shape index (κ3) is 1.55. The van der Waals surface area contributed by atoms with E-state index in [-0.39, 0.29) is 17.0 Å². The molecule has 11 heavy (non-hydrogen) atoms. The molecule has 0 fully saturated rings. The van der Waals surface area contributed by atoms with Gasteiger partial charge in [0.1, 0.15) is 11.6 Å². The summed E-state index contributed by atoms with van der Waals surface area (Å²) < 4.78 is 12.5. The molecule has 1 rings (SSSR count). The summed E-state index contributed by atoms with van der Waals surface area (Å²) in [6.07, 6.45) is 0. The molecule has 0 aromatic heterocycles. The molecule has 0 unspecified atom stereocenters. The first-order valence-corrected chi connectivity index (χ1v) is 3.15. The molecule has 0 amide bonds. The van der Waals surface area contributed by atoms with Crippen LogP contribution in [0.25, 0.3) is 0 Å². The first-order valence-electron chi connectivity index (χ1n) is 3.15. The van der Waals surface area contributed by atoms with Crippen molar-refractivity contribution in [1.29, 1.82) is 5.41 Å². The third-order valence-corrected chi connectivity index (χ3v) is 1.36. The molecule has 2 N–H and O–H groups in total. The van der Waals surface area contributed by atoms with E-state index < -0.39 is 5.82 Å². The van der Waals surface area contributed by atoms with E-state index in [4.69, 9.17) is 10.5 Å². The molecule has 1 aromatic rings. The van der Waals surface area contributed by atoms with Crippen LogP contribution in [0.4, 0.5) is 4.39 Å². The van der Waals surface area contributed by atoms with Gasteiger partial charge in [-0.3, -0.25) is 0 Å². The van der Waals surface area contributed by atoms with E-state index in [1.807, 2.05) is 0 Å². The lowest BCUT2D eigenvalue weighted by atomic mass is 10.1. The molecular formula is C8H8FNO. The average Bonchev–Trinajstić information content (AvgIpc) is 1.94. The highest BCUT2D eigenvalue weighted by Gasteiger charge is 2.03. The zero-order valence-electron chi connectivity index (χ0n) is 6.06. The Morgan fingerprint density at radius 3 is 2.64 bits per heavy atom. The topological polar surface area (TPSA) is 44.1 Å². The number of nitrogens with one attached hydrogen (secondary N) is 1. The van der Waals surface area contributed by atoms with Gasteiger partial charge < -0.3 is 10.5 Å². The number of aromatic hydroxyl groups is 1. The average molecular weight is 153 g/mol. The van der Waals surface area contributed by atoms with Crippen LogP contribution in [-0.2, 0) is 0 Å². The number of phenolic OH excluding ortho intramolecular Hbond substituents is 1. The van der Waals surface area contributed by atoms with Gasteiger partial charge in [0, 0.05) is 11.3 Å². The summed E-state index contributed by atoms with van der Waals surface area (Å²) in [7, 11) is 0. The number of hydrogen-bond donors (Lipinski definition) is 2. The highest BCUT2D eigenvalue weighted by atomic mass is 19.1. The summed E-state index contributed by atoms with van der Waals surface area (Å²) >= 11 is 0. The van der Waals surface area contributed by atoms with E-state index in [0.717, 1.165) is 12.1 Å². The molecule has 0 aliphatic rings. The number of rotatable bonds is 1. The van der Waals surface area contributed by atoms with Gasteiger partial charge in [-0.25, -0.2) is 4.39 Å². The Morgan fingerprint density at radius 1 is 1.55 bits per heavy atom. The van der Waals surface area contributed by atoms with Crippen LogP contribution in [-0.4, -0.2) is 10.8 Å². The lowest BCUT2D eigenvalue weighted by Gasteiger charge is -2.00. The number of halogens is 1. The fourth-order valence-electron chi connectivity index (χ4n) is 0.809. The smallest absolute Gasteiger partial charge is 0.124 e. The van der Waals surface area contributed by atoms with Crippen molar-refractivity contribution in [1.82, 2.24) is 0 Å². The van der Waals surface area contributed by atoms with Crippen LogP contribution in [0.3, 0.4) is 0 Å². The van der Waals surface area contributed by atoms with Gasteiger partial charge in [0.05, 0.1) is 0 Å². The minimum absolute atomic E-state index is 0.0566. The maximum Gasteiger partial charge on any atom is 0.124 e. The summed E-state index contributed by atoms with van der Waals surface area (Å²) in [5, 5.41) is 16.2. The zero-order valence-corrected chi connectivity index (χ0v) is 6.06. The van der Waals surface area contributed by atoms with Crippen molar-refractivity contribution in [3.05, 3.63) is 29.6 Å². The van der Waals surface area contributed by atoms with E-state index in [2.05, 4.69) is 0 Å². The van der Waals surface area contributed by atoms with E-state index in [9.17, 15) is 4.39 Å². The molecule has 2 nitrogen and oxygen atoms in total.